The first kappa shape index (κ1) is 27.0. The van der Waals surface area contributed by atoms with Crippen LogP contribution in [0.25, 0.3) is 0 Å². The van der Waals surface area contributed by atoms with Crippen LogP contribution in [0.1, 0.15) is 58.8 Å². The molecule has 8 bridgehead atoms. The third-order valence-corrected chi connectivity index (χ3v) is 11.7. The standard InChI is InChI=1S/C29H38O11/c1-25(34)8-9-27-14-36-20(31)11-15-6-10-37-28(21(32)24(33)40-22(15)28)7-4-3-5-19(30)38-17-12-18-29(35,26(17,27)2)13-16(25)23(27)39-18/h3,5,11,16-18,21-24,32-35H,4,6-10,12-14H2,1-2H3/t16-,17+,18+,21-,22+,23+,24-,25-,26+,27-,28+,29-/m0/s1. The maximum atomic E-state index is 13.3. The lowest BCUT2D eigenvalue weighted by molar-refractivity contribution is -0.377. The zero-order valence-electron chi connectivity index (χ0n) is 22.8. The highest BCUT2D eigenvalue weighted by molar-refractivity contribution is 5.83. The van der Waals surface area contributed by atoms with Crippen molar-refractivity contribution >= 4 is 11.9 Å². The molecule has 0 aromatic heterocycles. The van der Waals surface area contributed by atoms with Crippen molar-refractivity contribution in [1.29, 1.82) is 0 Å². The summed E-state index contributed by atoms with van der Waals surface area (Å²) in [4.78, 5) is 26.4. The van der Waals surface area contributed by atoms with Crippen molar-refractivity contribution in [3.05, 3.63) is 23.8 Å². The first-order valence-corrected chi connectivity index (χ1v) is 14.4. The molecule has 3 aliphatic carbocycles. The summed E-state index contributed by atoms with van der Waals surface area (Å²) >= 11 is 0. The van der Waals surface area contributed by atoms with E-state index < -0.39 is 76.4 Å². The monoisotopic (exact) mass is 562 g/mol. The smallest absolute Gasteiger partial charge is 0.330 e. The predicted octanol–water partition coefficient (Wildman–Crippen LogP) is 0.415. The minimum Gasteiger partial charge on any atom is -0.462 e. The third-order valence-electron chi connectivity index (χ3n) is 11.7. The Balaban J connectivity index is 1.30. The molecule has 12 atom stereocenters. The van der Waals surface area contributed by atoms with Gasteiger partial charge in [-0.15, -0.1) is 0 Å². The number of allylic oxidation sites excluding steroid dienone is 1. The Labute approximate surface area is 232 Å². The van der Waals surface area contributed by atoms with Gasteiger partial charge in [-0.2, -0.15) is 0 Å². The van der Waals surface area contributed by atoms with E-state index in [9.17, 15) is 30.0 Å². The average molecular weight is 563 g/mol. The molecule has 0 aromatic carbocycles. The van der Waals surface area contributed by atoms with Crippen molar-refractivity contribution in [3.63, 3.8) is 0 Å². The van der Waals surface area contributed by atoms with E-state index in [0.29, 0.717) is 44.1 Å². The van der Waals surface area contributed by atoms with E-state index in [0.717, 1.165) is 0 Å². The fraction of sp³-hybridized carbons (Fsp3) is 0.793. The van der Waals surface area contributed by atoms with E-state index in [-0.39, 0.29) is 25.6 Å². The molecule has 40 heavy (non-hydrogen) atoms. The van der Waals surface area contributed by atoms with Crippen molar-refractivity contribution in [2.24, 2.45) is 16.7 Å². The van der Waals surface area contributed by atoms with Gasteiger partial charge in [-0.3, -0.25) is 0 Å². The lowest BCUT2D eigenvalue weighted by atomic mass is 9.40. The quantitative estimate of drug-likeness (QED) is 0.303. The maximum absolute atomic E-state index is 13.3. The summed E-state index contributed by atoms with van der Waals surface area (Å²) < 4.78 is 30.1. The number of hydrogen-bond donors (Lipinski definition) is 4. The molecule has 220 valence electrons. The normalized spacial score (nSPS) is 55.4. The van der Waals surface area contributed by atoms with E-state index in [4.69, 9.17) is 23.7 Å². The van der Waals surface area contributed by atoms with Crippen molar-refractivity contribution in [3.8, 4) is 0 Å². The van der Waals surface area contributed by atoms with Crippen molar-refractivity contribution in [2.75, 3.05) is 13.2 Å². The highest BCUT2D eigenvalue weighted by Gasteiger charge is 2.83. The first-order chi connectivity index (χ1) is 18.9. The predicted molar refractivity (Wildman–Crippen MR) is 134 cm³/mol. The Morgan fingerprint density at radius 3 is 2.60 bits per heavy atom. The lowest BCUT2D eigenvalue weighted by Crippen LogP contribution is -2.80. The summed E-state index contributed by atoms with van der Waals surface area (Å²) in [7, 11) is 0. The summed E-state index contributed by atoms with van der Waals surface area (Å²) in [5.41, 5.74) is -5.07. The largest absolute Gasteiger partial charge is 0.462 e. The van der Waals surface area contributed by atoms with Crippen LogP contribution in [0.15, 0.2) is 23.8 Å². The molecule has 11 nitrogen and oxygen atoms in total. The summed E-state index contributed by atoms with van der Waals surface area (Å²) in [5.74, 6) is -1.57. The highest BCUT2D eigenvalue weighted by atomic mass is 16.7. The van der Waals surface area contributed by atoms with Crippen LogP contribution in [0.4, 0.5) is 0 Å². The highest BCUT2D eigenvalue weighted by Crippen LogP contribution is 2.74. The number of rotatable bonds is 0. The Bertz CT molecular complexity index is 1180. The Hall–Kier alpha value is -1.86. The Morgan fingerprint density at radius 2 is 1.80 bits per heavy atom. The van der Waals surface area contributed by atoms with Crippen LogP contribution >= 0.6 is 0 Å². The fourth-order valence-electron chi connectivity index (χ4n) is 9.44. The Morgan fingerprint density at radius 1 is 1.00 bits per heavy atom. The molecule has 4 saturated heterocycles. The van der Waals surface area contributed by atoms with Crippen molar-refractivity contribution in [1.82, 2.24) is 0 Å². The minimum absolute atomic E-state index is 0.0965. The molecule has 0 unspecified atom stereocenters. The van der Waals surface area contributed by atoms with E-state index in [2.05, 4.69) is 0 Å². The van der Waals surface area contributed by atoms with Gasteiger partial charge in [0.2, 0.25) is 0 Å². The van der Waals surface area contributed by atoms with E-state index >= 15 is 0 Å². The Kier molecular flexibility index (Phi) is 5.80. The van der Waals surface area contributed by atoms with Gasteiger partial charge < -0.3 is 44.1 Å². The maximum Gasteiger partial charge on any atom is 0.330 e. The van der Waals surface area contributed by atoms with Crippen LogP contribution in [0, 0.1) is 16.7 Å². The van der Waals surface area contributed by atoms with Gasteiger partial charge >= 0.3 is 11.9 Å². The summed E-state index contributed by atoms with van der Waals surface area (Å²) in [6.07, 6.45) is 1.20. The molecule has 5 aliphatic heterocycles. The summed E-state index contributed by atoms with van der Waals surface area (Å²) in [6.45, 7) is 3.79. The number of aliphatic hydroxyl groups is 4. The molecule has 8 rings (SSSR count). The zero-order chi connectivity index (χ0) is 28.3. The van der Waals surface area contributed by atoms with Gasteiger partial charge in [0.1, 0.15) is 36.1 Å². The van der Waals surface area contributed by atoms with E-state index in [1.165, 1.54) is 12.2 Å². The van der Waals surface area contributed by atoms with Gasteiger partial charge in [0, 0.05) is 35.3 Å². The number of aliphatic hydroxyl groups excluding tert-OH is 2. The molecule has 3 saturated carbocycles. The third kappa shape index (κ3) is 3.25. The first-order valence-electron chi connectivity index (χ1n) is 14.4. The molecule has 5 heterocycles. The molecule has 0 radical (unpaired) electrons. The molecule has 4 N–H and O–H groups in total. The number of carbonyl (C=O) groups excluding carboxylic acids is 2. The van der Waals surface area contributed by atoms with Crippen LogP contribution in [0.5, 0.6) is 0 Å². The van der Waals surface area contributed by atoms with Gasteiger partial charge in [0.05, 0.1) is 24.4 Å². The van der Waals surface area contributed by atoms with Crippen molar-refractivity contribution in [2.45, 2.75) is 112 Å². The van der Waals surface area contributed by atoms with Crippen LogP contribution < -0.4 is 0 Å². The molecule has 11 heteroatoms. The molecular weight excluding hydrogens is 524 g/mol. The van der Waals surface area contributed by atoms with Crippen LogP contribution in [0.3, 0.4) is 0 Å². The second-order valence-electron chi connectivity index (χ2n) is 13.3. The molecule has 0 aromatic rings. The van der Waals surface area contributed by atoms with Gasteiger partial charge in [0.15, 0.2) is 6.29 Å². The fourth-order valence-corrected chi connectivity index (χ4v) is 9.44. The molecule has 8 aliphatic rings. The van der Waals surface area contributed by atoms with Gasteiger partial charge in [-0.1, -0.05) is 13.0 Å². The topological polar surface area (TPSA) is 161 Å². The van der Waals surface area contributed by atoms with E-state index in [1.54, 1.807) is 13.0 Å². The number of esters is 2. The van der Waals surface area contributed by atoms with Crippen LogP contribution in [-0.2, 0) is 33.3 Å². The second-order valence-corrected chi connectivity index (χ2v) is 13.3. The average Bonchev–Trinajstić information content (AvgIpc) is 3.24. The number of cyclic esters (lactones) is 1. The minimum atomic E-state index is -1.49. The SMILES string of the molecule is C[C@]12[C@H]3C[C@H]4O[C@@H]5[C@H](C[C@]41O)[C@@](C)(O)CC[C@]52COC(=O)C=C1CCO[C@@]2(CCC=CC(=O)O3)[C@@H]1O[C@H](O)[C@@H]2O. The number of carbonyl (C=O) groups is 2. The zero-order valence-corrected chi connectivity index (χ0v) is 22.8. The van der Waals surface area contributed by atoms with Gasteiger partial charge in [0.25, 0.3) is 0 Å². The number of ether oxygens (including phenoxy) is 5. The molecule has 0 amide bonds. The lowest BCUT2D eigenvalue weighted by Gasteiger charge is -2.71. The van der Waals surface area contributed by atoms with Gasteiger partial charge in [-0.05, 0) is 51.0 Å². The van der Waals surface area contributed by atoms with E-state index in [1.807, 2.05) is 6.92 Å². The molecular formula is C29H38O11. The van der Waals surface area contributed by atoms with Crippen LogP contribution in [0.2, 0.25) is 0 Å². The summed E-state index contributed by atoms with van der Waals surface area (Å²) in [6, 6.07) is 0. The molecule has 7 fully saturated rings. The van der Waals surface area contributed by atoms with Gasteiger partial charge in [-0.25, -0.2) is 9.59 Å². The number of hydrogen-bond acceptors (Lipinski definition) is 11. The van der Waals surface area contributed by atoms with Crippen LogP contribution in [-0.4, -0.2) is 99.2 Å². The summed E-state index contributed by atoms with van der Waals surface area (Å²) in [5, 5.41) is 44.7. The second kappa shape index (κ2) is 8.59. The molecule has 1 spiro atoms. The van der Waals surface area contributed by atoms with Crippen molar-refractivity contribution < 1.29 is 53.7 Å².